The third-order valence-electron chi connectivity index (χ3n) is 7.48. The van der Waals surface area contributed by atoms with E-state index in [-0.39, 0.29) is 5.82 Å². The molecular formula is C27H28BrFN2O3. The van der Waals surface area contributed by atoms with Crippen molar-refractivity contribution in [1.82, 2.24) is 9.55 Å². The Bertz CT molecular complexity index is 1180. The van der Waals surface area contributed by atoms with E-state index in [1.54, 1.807) is 12.1 Å². The normalized spacial score (nSPS) is 24.7. The van der Waals surface area contributed by atoms with E-state index >= 15 is 0 Å². The number of carboxylic acids is 1. The van der Waals surface area contributed by atoms with Crippen molar-refractivity contribution < 1.29 is 19.0 Å². The molecule has 0 bridgehead atoms. The number of halogens is 2. The molecular weight excluding hydrogens is 499 g/mol. The lowest BCUT2D eigenvalue weighted by molar-refractivity contribution is -0.147. The molecule has 178 valence electrons. The number of hydrogen-bond donors (Lipinski definition) is 1. The standard InChI is InChI=1S/C27H28BrFN2O3/c1-18-23(28)30-24(31(18)17-19-7-8-19)27(34-22-5-3-2-4-6-22)15-13-26(14-16-27,25(32)33)20-9-11-21(29)12-10-20/h2-6,9-12,19H,7-8,13-17H2,1H3,(H,32,33). The van der Waals surface area contributed by atoms with Crippen LogP contribution in [0.2, 0.25) is 0 Å². The number of aliphatic carboxylic acids is 1. The Kier molecular flexibility index (Phi) is 6.00. The SMILES string of the molecule is Cc1c(Br)nc(C2(Oc3ccccc3)CCC(C(=O)O)(c3ccc(F)cc3)CC2)n1CC1CC1. The lowest BCUT2D eigenvalue weighted by atomic mass is 9.64. The van der Waals surface area contributed by atoms with Crippen molar-refractivity contribution in [3.05, 3.63) is 82.1 Å². The molecule has 2 aromatic carbocycles. The maximum atomic E-state index is 13.6. The molecule has 0 atom stereocenters. The van der Waals surface area contributed by atoms with Crippen LogP contribution in [0, 0.1) is 18.7 Å². The van der Waals surface area contributed by atoms with Crippen LogP contribution in [-0.2, 0) is 22.4 Å². The molecule has 2 aliphatic rings. The van der Waals surface area contributed by atoms with Crippen LogP contribution in [0.1, 0.15) is 55.6 Å². The first-order chi connectivity index (χ1) is 16.3. The number of carbonyl (C=O) groups is 1. The van der Waals surface area contributed by atoms with Crippen molar-refractivity contribution in [2.75, 3.05) is 0 Å². The smallest absolute Gasteiger partial charge is 0.314 e. The van der Waals surface area contributed by atoms with Gasteiger partial charge in [-0.05, 0) is 97.1 Å². The Hall–Kier alpha value is -2.67. The van der Waals surface area contributed by atoms with Gasteiger partial charge in [0.25, 0.3) is 0 Å². The van der Waals surface area contributed by atoms with E-state index in [1.165, 1.54) is 25.0 Å². The van der Waals surface area contributed by atoms with E-state index < -0.39 is 17.0 Å². The van der Waals surface area contributed by atoms with E-state index in [2.05, 4.69) is 27.4 Å². The number of rotatable bonds is 7. The average molecular weight is 527 g/mol. The van der Waals surface area contributed by atoms with Gasteiger partial charge in [0.2, 0.25) is 0 Å². The summed E-state index contributed by atoms with van der Waals surface area (Å²) in [6, 6.07) is 15.5. The summed E-state index contributed by atoms with van der Waals surface area (Å²) in [4.78, 5) is 17.5. The van der Waals surface area contributed by atoms with E-state index in [0.717, 1.165) is 28.4 Å². The van der Waals surface area contributed by atoms with Crippen LogP contribution in [-0.4, -0.2) is 20.6 Å². The summed E-state index contributed by atoms with van der Waals surface area (Å²) in [5.74, 6) is 0.983. The Morgan fingerprint density at radius 1 is 1.12 bits per heavy atom. The van der Waals surface area contributed by atoms with Gasteiger partial charge in [-0.25, -0.2) is 9.37 Å². The molecule has 5 rings (SSSR count). The van der Waals surface area contributed by atoms with Gasteiger partial charge in [0, 0.05) is 12.2 Å². The van der Waals surface area contributed by atoms with Crippen LogP contribution in [0.25, 0.3) is 0 Å². The molecule has 2 fully saturated rings. The third-order valence-corrected chi connectivity index (χ3v) is 8.23. The molecule has 0 amide bonds. The monoisotopic (exact) mass is 526 g/mol. The summed E-state index contributed by atoms with van der Waals surface area (Å²) >= 11 is 3.63. The Morgan fingerprint density at radius 3 is 2.35 bits per heavy atom. The first kappa shape index (κ1) is 23.1. The Balaban J connectivity index is 1.56. The molecule has 0 aliphatic heterocycles. The van der Waals surface area contributed by atoms with Gasteiger partial charge >= 0.3 is 5.97 Å². The summed E-state index contributed by atoms with van der Waals surface area (Å²) in [6.07, 6.45) is 4.14. The van der Waals surface area contributed by atoms with Crippen molar-refractivity contribution in [3.8, 4) is 5.75 Å². The van der Waals surface area contributed by atoms with Crippen molar-refractivity contribution in [2.45, 2.75) is 63.0 Å². The fraction of sp³-hybridized carbons (Fsp3) is 0.407. The predicted octanol–water partition coefficient (Wildman–Crippen LogP) is 6.37. The van der Waals surface area contributed by atoms with Crippen molar-refractivity contribution >= 4 is 21.9 Å². The minimum atomic E-state index is -1.09. The zero-order chi connectivity index (χ0) is 23.9. The summed E-state index contributed by atoms with van der Waals surface area (Å²) in [5.41, 5.74) is -0.149. The molecule has 0 radical (unpaired) electrons. The third kappa shape index (κ3) is 4.15. The molecule has 5 nitrogen and oxygen atoms in total. The summed E-state index contributed by atoms with van der Waals surface area (Å²) in [5, 5.41) is 10.3. The summed E-state index contributed by atoms with van der Waals surface area (Å²) in [7, 11) is 0. The highest BCUT2D eigenvalue weighted by molar-refractivity contribution is 9.10. The topological polar surface area (TPSA) is 64.3 Å². The number of imidazole rings is 1. The van der Waals surface area contributed by atoms with E-state index in [4.69, 9.17) is 9.72 Å². The average Bonchev–Trinajstić information content (AvgIpc) is 3.61. The molecule has 1 heterocycles. The molecule has 2 aliphatic carbocycles. The summed E-state index contributed by atoms with van der Waals surface area (Å²) < 4.78 is 23.3. The lowest BCUT2D eigenvalue weighted by Gasteiger charge is -2.44. The number of carboxylic acid groups (broad SMARTS) is 1. The summed E-state index contributed by atoms with van der Waals surface area (Å²) in [6.45, 7) is 2.95. The molecule has 1 aromatic heterocycles. The fourth-order valence-corrected chi connectivity index (χ4v) is 5.58. The number of ether oxygens (including phenoxy) is 1. The maximum absolute atomic E-state index is 13.6. The van der Waals surface area contributed by atoms with Gasteiger partial charge in [-0.2, -0.15) is 0 Å². The number of para-hydroxylation sites is 1. The van der Waals surface area contributed by atoms with Crippen LogP contribution in [0.5, 0.6) is 5.75 Å². The van der Waals surface area contributed by atoms with Gasteiger partial charge in [-0.15, -0.1) is 0 Å². The quantitative estimate of drug-likeness (QED) is 0.388. The van der Waals surface area contributed by atoms with Crippen molar-refractivity contribution in [3.63, 3.8) is 0 Å². The molecule has 3 aromatic rings. The van der Waals surface area contributed by atoms with Crippen LogP contribution in [0.4, 0.5) is 4.39 Å². The molecule has 0 unspecified atom stereocenters. The van der Waals surface area contributed by atoms with E-state index in [0.29, 0.717) is 37.2 Å². The second-order valence-corrected chi connectivity index (χ2v) is 10.4. The fourth-order valence-electron chi connectivity index (χ4n) is 5.20. The lowest BCUT2D eigenvalue weighted by Crippen LogP contribution is -2.48. The number of aromatic nitrogens is 2. The molecule has 1 N–H and O–H groups in total. The Labute approximate surface area is 207 Å². The maximum Gasteiger partial charge on any atom is 0.314 e. The van der Waals surface area contributed by atoms with Crippen LogP contribution >= 0.6 is 15.9 Å². The number of benzene rings is 2. The molecule has 0 spiro atoms. The number of nitrogens with zero attached hydrogens (tertiary/aromatic N) is 2. The minimum absolute atomic E-state index is 0.369. The van der Waals surface area contributed by atoms with Crippen molar-refractivity contribution in [2.24, 2.45) is 5.92 Å². The highest BCUT2D eigenvalue weighted by Crippen LogP contribution is 2.50. The van der Waals surface area contributed by atoms with Gasteiger partial charge in [0.05, 0.1) is 5.41 Å². The minimum Gasteiger partial charge on any atom is -0.481 e. The van der Waals surface area contributed by atoms with Crippen LogP contribution in [0.3, 0.4) is 0 Å². The van der Waals surface area contributed by atoms with Gasteiger partial charge in [0.1, 0.15) is 16.2 Å². The molecule has 0 saturated heterocycles. The van der Waals surface area contributed by atoms with E-state index in [9.17, 15) is 14.3 Å². The largest absolute Gasteiger partial charge is 0.481 e. The van der Waals surface area contributed by atoms with Crippen molar-refractivity contribution in [1.29, 1.82) is 0 Å². The Morgan fingerprint density at radius 2 is 1.76 bits per heavy atom. The van der Waals surface area contributed by atoms with Gasteiger partial charge in [-0.1, -0.05) is 30.3 Å². The first-order valence-electron chi connectivity index (χ1n) is 11.8. The van der Waals surface area contributed by atoms with E-state index in [1.807, 2.05) is 30.3 Å². The van der Waals surface area contributed by atoms with Gasteiger partial charge in [-0.3, -0.25) is 4.79 Å². The highest BCUT2D eigenvalue weighted by Gasteiger charge is 2.52. The zero-order valence-corrected chi connectivity index (χ0v) is 20.7. The van der Waals surface area contributed by atoms with Crippen LogP contribution < -0.4 is 4.74 Å². The van der Waals surface area contributed by atoms with Gasteiger partial charge in [0.15, 0.2) is 11.4 Å². The molecule has 7 heteroatoms. The second kappa shape index (κ2) is 8.84. The number of hydrogen-bond acceptors (Lipinski definition) is 3. The molecule has 2 saturated carbocycles. The second-order valence-electron chi connectivity index (χ2n) is 9.67. The first-order valence-corrected chi connectivity index (χ1v) is 12.6. The van der Waals surface area contributed by atoms with Crippen LogP contribution in [0.15, 0.2) is 59.2 Å². The van der Waals surface area contributed by atoms with Gasteiger partial charge < -0.3 is 14.4 Å². The highest BCUT2D eigenvalue weighted by atomic mass is 79.9. The molecule has 34 heavy (non-hydrogen) atoms. The predicted molar refractivity (Wildman–Crippen MR) is 130 cm³/mol. The zero-order valence-electron chi connectivity index (χ0n) is 19.1.